The summed E-state index contributed by atoms with van der Waals surface area (Å²) in [5.41, 5.74) is 1.21. The number of halogens is 1. The van der Waals surface area contributed by atoms with Crippen molar-refractivity contribution in [2.24, 2.45) is 0 Å². The molecule has 0 unspecified atom stereocenters. The number of alkyl halides is 1. The molecule has 72 valence electrons. The van der Waals surface area contributed by atoms with Crippen LogP contribution in [0.4, 0.5) is 0 Å². The second-order valence-corrected chi connectivity index (χ2v) is 4.42. The van der Waals surface area contributed by atoms with Gasteiger partial charge < -0.3 is 0 Å². The van der Waals surface area contributed by atoms with Crippen LogP contribution < -0.4 is 0 Å². The molecule has 0 nitrogen and oxygen atoms in total. The Hall–Kier alpha value is -0.140. The highest BCUT2D eigenvalue weighted by molar-refractivity contribution is 7.99. The van der Waals surface area contributed by atoms with Crippen LogP contribution in [0.5, 0.6) is 0 Å². The summed E-state index contributed by atoms with van der Waals surface area (Å²) in [6.45, 7) is 2.22. The average Bonchev–Trinajstić information content (AvgIpc) is 2.19. The Morgan fingerprint density at radius 2 is 2.23 bits per heavy atom. The van der Waals surface area contributed by atoms with Gasteiger partial charge in [-0.2, -0.15) is 0 Å². The fourth-order valence-corrected chi connectivity index (χ4v) is 2.30. The predicted molar refractivity (Wildman–Crippen MR) is 61.6 cm³/mol. The Bertz CT molecular complexity index is 248. The van der Waals surface area contributed by atoms with Crippen molar-refractivity contribution in [3.05, 3.63) is 29.8 Å². The molecular formula is C11H15ClS. The van der Waals surface area contributed by atoms with E-state index in [9.17, 15) is 0 Å². The van der Waals surface area contributed by atoms with Gasteiger partial charge in [-0.05, 0) is 29.9 Å². The topological polar surface area (TPSA) is 0 Å². The predicted octanol–water partition coefficient (Wildman–Crippen LogP) is 4.32. The molecule has 0 amide bonds. The minimum absolute atomic E-state index is 0.613. The van der Waals surface area contributed by atoms with E-state index in [-0.39, 0.29) is 0 Å². The lowest BCUT2D eigenvalue weighted by Gasteiger charge is -2.01. The first kappa shape index (κ1) is 10.9. The van der Waals surface area contributed by atoms with Crippen LogP contribution in [0.25, 0.3) is 0 Å². The van der Waals surface area contributed by atoms with Gasteiger partial charge in [0.1, 0.15) is 0 Å². The zero-order valence-corrected chi connectivity index (χ0v) is 9.50. The van der Waals surface area contributed by atoms with E-state index in [2.05, 4.69) is 31.2 Å². The van der Waals surface area contributed by atoms with Crippen molar-refractivity contribution in [3.63, 3.8) is 0 Å². The summed E-state index contributed by atoms with van der Waals surface area (Å²) >= 11 is 7.67. The van der Waals surface area contributed by atoms with Gasteiger partial charge in [-0.3, -0.25) is 0 Å². The Kier molecular flexibility index (Phi) is 5.33. The van der Waals surface area contributed by atoms with Crippen LogP contribution in [-0.4, -0.2) is 5.75 Å². The lowest BCUT2D eigenvalue weighted by Crippen LogP contribution is -1.81. The molecule has 0 radical (unpaired) electrons. The summed E-state index contributed by atoms with van der Waals surface area (Å²) in [7, 11) is 0. The normalized spacial score (nSPS) is 10.3. The molecule has 0 aliphatic carbocycles. The monoisotopic (exact) mass is 214 g/mol. The van der Waals surface area contributed by atoms with Gasteiger partial charge in [0.2, 0.25) is 0 Å². The smallest absolute Gasteiger partial charge is 0.0474 e. The van der Waals surface area contributed by atoms with Crippen molar-refractivity contribution in [2.45, 2.75) is 30.5 Å². The maximum atomic E-state index is 5.75. The summed E-state index contributed by atoms with van der Waals surface area (Å²) in [4.78, 5) is 1.34. The Labute approximate surface area is 89.7 Å². The second-order valence-electron chi connectivity index (χ2n) is 2.98. The highest BCUT2D eigenvalue weighted by Gasteiger charge is 1.95. The van der Waals surface area contributed by atoms with E-state index in [0.29, 0.717) is 5.88 Å². The van der Waals surface area contributed by atoms with E-state index >= 15 is 0 Å². The van der Waals surface area contributed by atoms with Crippen molar-refractivity contribution in [2.75, 3.05) is 5.75 Å². The lowest BCUT2D eigenvalue weighted by atomic mass is 10.2. The molecular weight excluding hydrogens is 200 g/mol. The molecule has 1 aromatic carbocycles. The molecule has 1 aromatic rings. The fraction of sp³-hybridized carbons (Fsp3) is 0.455. The quantitative estimate of drug-likeness (QED) is 0.400. The van der Waals surface area contributed by atoms with Crippen LogP contribution in [0, 0.1) is 0 Å². The fourth-order valence-electron chi connectivity index (χ4n) is 1.05. The van der Waals surface area contributed by atoms with Crippen LogP contribution in [0.15, 0.2) is 29.2 Å². The molecule has 0 N–H and O–H groups in total. The third-order valence-electron chi connectivity index (χ3n) is 1.82. The van der Waals surface area contributed by atoms with Gasteiger partial charge in [-0.1, -0.05) is 25.5 Å². The second kappa shape index (κ2) is 6.33. The largest absolute Gasteiger partial charge is 0.126 e. The van der Waals surface area contributed by atoms with E-state index < -0.39 is 0 Å². The van der Waals surface area contributed by atoms with Crippen molar-refractivity contribution in [1.29, 1.82) is 0 Å². The molecule has 0 bridgehead atoms. The number of benzene rings is 1. The van der Waals surface area contributed by atoms with Crippen LogP contribution in [0.1, 0.15) is 25.3 Å². The molecule has 1 rings (SSSR count). The van der Waals surface area contributed by atoms with Gasteiger partial charge in [0.15, 0.2) is 0 Å². The first-order valence-corrected chi connectivity index (χ1v) is 6.16. The van der Waals surface area contributed by atoms with E-state index in [4.69, 9.17) is 11.6 Å². The molecule has 0 aromatic heterocycles. The average molecular weight is 215 g/mol. The molecule has 2 heteroatoms. The van der Waals surface area contributed by atoms with E-state index in [1.807, 2.05) is 11.8 Å². The first-order chi connectivity index (χ1) is 6.36. The first-order valence-electron chi connectivity index (χ1n) is 4.64. The van der Waals surface area contributed by atoms with E-state index in [1.54, 1.807) is 0 Å². The molecule has 0 heterocycles. The standard InChI is InChI=1S/C11H15ClS/c1-2-3-7-13-11-6-4-5-10(8-11)9-12/h4-6,8H,2-3,7,9H2,1H3. The minimum atomic E-state index is 0.613. The molecule has 0 saturated heterocycles. The summed E-state index contributed by atoms with van der Waals surface area (Å²) in [6, 6.07) is 8.46. The third kappa shape index (κ3) is 4.06. The van der Waals surface area contributed by atoms with E-state index in [1.165, 1.54) is 29.1 Å². The summed E-state index contributed by atoms with van der Waals surface area (Å²) in [6.07, 6.45) is 2.55. The molecule has 0 spiro atoms. The molecule has 13 heavy (non-hydrogen) atoms. The Morgan fingerprint density at radius 1 is 1.38 bits per heavy atom. The third-order valence-corrected chi connectivity index (χ3v) is 3.21. The zero-order chi connectivity index (χ0) is 9.52. The van der Waals surface area contributed by atoms with Crippen LogP contribution in [0.3, 0.4) is 0 Å². The van der Waals surface area contributed by atoms with Gasteiger partial charge in [-0.25, -0.2) is 0 Å². The van der Waals surface area contributed by atoms with Crippen LogP contribution in [-0.2, 0) is 5.88 Å². The van der Waals surface area contributed by atoms with E-state index in [0.717, 1.165) is 0 Å². The highest BCUT2D eigenvalue weighted by atomic mass is 35.5. The van der Waals surface area contributed by atoms with Crippen molar-refractivity contribution >= 4 is 23.4 Å². The Morgan fingerprint density at radius 3 is 2.92 bits per heavy atom. The summed E-state index contributed by atoms with van der Waals surface area (Å²) in [5, 5.41) is 0. The number of hydrogen-bond donors (Lipinski definition) is 0. The molecule has 0 aliphatic rings. The van der Waals surface area contributed by atoms with Gasteiger partial charge in [-0.15, -0.1) is 23.4 Å². The molecule has 0 fully saturated rings. The molecule has 0 atom stereocenters. The maximum absolute atomic E-state index is 5.75. The maximum Gasteiger partial charge on any atom is 0.0474 e. The highest BCUT2D eigenvalue weighted by Crippen LogP contribution is 2.20. The Balaban J connectivity index is 2.46. The van der Waals surface area contributed by atoms with Crippen molar-refractivity contribution in [3.8, 4) is 0 Å². The van der Waals surface area contributed by atoms with Gasteiger partial charge >= 0.3 is 0 Å². The van der Waals surface area contributed by atoms with Gasteiger partial charge in [0.05, 0.1) is 0 Å². The SMILES string of the molecule is CCCCSc1cccc(CCl)c1. The molecule has 0 aliphatic heterocycles. The summed E-state index contributed by atoms with van der Waals surface area (Å²) < 4.78 is 0. The lowest BCUT2D eigenvalue weighted by molar-refractivity contribution is 0.896. The number of thioether (sulfide) groups is 1. The van der Waals surface area contributed by atoms with Crippen LogP contribution in [0.2, 0.25) is 0 Å². The van der Waals surface area contributed by atoms with Crippen molar-refractivity contribution in [1.82, 2.24) is 0 Å². The zero-order valence-electron chi connectivity index (χ0n) is 7.92. The van der Waals surface area contributed by atoms with Crippen molar-refractivity contribution < 1.29 is 0 Å². The van der Waals surface area contributed by atoms with Gasteiger partial charge in [0.25, 0.3) is 0 Å². The number of rotatable bonds is 5. The number of hydrogen-bond acceptors (Lipinski definition) is 1. The summed E-state index contributed by atoms with van der Waals surface area (Å²) in [5.74, 6) is 1.82. The minimum Gasteiger partial charge on any atom is -0.126 e. The number of unbranched alkanes of at least 4 members (excludes halogenated alkanes) is 1. The molecule has 0 saturated carbocycles. The van der Waals surface area contributed by atoms with Gasteiger partial charge in [0, 0.05) is 10.8 Å². The van der Waals surface area contributed by atoms with Crippen LogP contribution >= 0.6 is 23.4 Å².